The Bertz CT molecular complexity index is 3930. The number of dihydropyridines is 1. The maximum absolute atomic E-state index is 13.9. The number of rotatable bonds is 7. The van der Waals surface area contributed by atoms with Crippen molar-refractivity contribution >= 4 is 33.6 Å². The Balaban J connectivity index is 1.06. The van der Waals surface area contributed by atoms with Crippen molar-refractivity contribution in [3.05, 3.63) is 128 Å². The molecule has 4 aromatic rings. The summed E-state index contributed by atoms with van der Waals surface area (Å²) >= 11 is 0. The fourth-order valence-corrected chi connectivity index (χ4v) is 23.4. The lowest BCUT2D eigenvalue weighted by atomic mass is 9.53. The molecule has 10 N–H and O–H groups in total. The van der Waals surface area contributed by atoms with Crippen LogP contribution in [-0.4, -0.2) is 114 Å². The Morgan fingerprint density at radius 3 is 2.56 bits per heavy atom. The molecule has 12 aliphatic rings. The van der Waals surface area contributed by atoms with Crippen LogP contribution in [0.25, 0.3) is 17.2 Å². The normalized spacial score (nSPS) is 34.3. The SMILES string of the molecule is COCC1C(CO)CNCc2c(O)c3c(c4c2C2C#CC5=C(C=CC(N)N5)C(C5CCC6(Cc7cc(O)cc(OCO)c7-c7ccc8c(c76)OC4C8COC(C)=O)C5)C4(CCCCC4O)c4cccc(c4)C4(CCCC4)C1C#C2)C=CC1NC2CCCC(CSSCC1O3)C2. The molecule has 0 radical (unpaired) electrons. The number of aliphatic hydroxyl groups is 3. The van der Waals surface area contributed by atoms with E-state index in [0.717, 1.165) is 127 Å². The number of fused-ring (bicyclic) bond motifs is 18. The summed E-state index contributed by atoms with van der Waals surface area (Å²) in [6.07, 6.45) is 20.0. The molecule has 6 heterocycles. The molecule has 17 heteroatoms. The Kier molecular flexibility index (Phi) is 17.2. The van der Waals surface area contributed by atoms with E-state index in [1.165, 1.54) is 18.9 Å². The first-order valence-corrected chi connectivity index (χ1v) is 37.7. The highest BCUT2D eigenvalue weighted by Gasteiger charge is 2.59. The van der Waals surface area contributed by atoms with Crippen LogP contribution in [-0.2, 0) is 43.5 Å². The minimum atomic E-state index is -0.935. The molecule has 0 aromatic heterocycles. The Labute approximate surface area is 566 Å². The summed E-state index contributed by atoms with van der Waals surface area (Å²) in [5.41, 5.74) is 16.0. The topological polar surface area (TPSA) is 226 Å². The van der Waals surface area contributed by atoms with Crippen molar-refractivity contribution in [1.82, 2.24) is 16.0 Å². The third-order valence-corrected chi connectivity index (χ3v) is 27.3. The van der Waals surface area contributed by atoms with E-state index in [0.29, 0.717) is 83.7 Å². The third kappa shape index (κ3) is 10.7. The van der Waals surface area contributed by atoms with Gasteiger partial charge in [0.2, 0.25) is 0 Å². The summed E-state index contributed by atoms with van der Waals surface area (Å²) in [6.45, 7) is 1.49. The summed E-state index contributed by atoms with van der Waals surface area (Å²) in [4.78, 5) is 13.6. The zero-order valence-electron chi connectivity index (χ0n) is 54.6. The summed E-state index contributed by atoms with van der Waals surface area (Å²) in [6, 6.07) is 17.0. The number of carbonyl (C=O) groups excluding carboxylic acids is 1. The smallest absolute Gasteiger partial charge is 0.302 e. The van der Waals surface area contributed by atoms with Crippen LogP contribution in [0, 0.1) is 59.2 Å². The first kappa shape index (κ1) is 63.6. The van der Waals surface area contributed by atoms with E-state index in [1.54, 1.807) is 13.2 Å². The number of benzene rings is 4. The average molecular weight is 1320 g/mol. The maximum atomic E-state index is 13.9. The van der Waals surface area contributed by atoms with Crippen LogP contribution in [0.5, 0.6) is 28.7 Å². The van der Waals surface area contributed by atoms with E-state index in [4.69, 9.17) is 29.4 Å². The highest BCUT2D eigenvalue weighted by atomic mass is 33.1. The predicted molar refractivity (Wildman–Crippen MR) is 369 cm³/mol. The number of hydrogen-bond acceptors (Lipinski definition) is 17. The molecule has 6 aliphatic carbocycles. The Hall–Kier alpha value is -6.09. The number of allylic oxidation sites excluding steroid dienone is 3. The van der Waals surface area contributed by atoms with Gasteiger partial charge in [-0.25, -0.2) is 0 Å². The van der Waals surface area contributed by atoms with Crippen LogP contribution >= 0.6 is 21.6 Å². The molecule has 16 atom stereocenters. The Morgan fingerprint density at radius 2 is 1.73 bits per heavy atom. The van der Waals surface area contributed by atoms with Crippen molar-refractivity contribution in [3.63, 3.8) is 0 Å². The molecule has 4 aromatic carbocycles. The first-order valence-electron chi connectivity index (χ1n) is 35.2. The minimum absolute atomic E-state index is 0.0234. The average Bonchev–Trinajstić information content (AvgIpc) is 1.62. The molecule has 3 spiro atoms. The van der Waals surface area contributed by atoms with E-state index < -0.39 is 65.3 Å². The highest BCUT2D eigenvalue weighted by Crippen LogP contribution is 2.67. The van der Waals surface area contributed by atoms with Crippen molar-refractivity contribution in [2.75, 3.05) is 51.8 Å². The van der Waals surface area contributed by atoms with E-state index in [1.807, 2.05) is 33.7 Å². The van der Waals surface area contributed by atoms with E-state index in [9.17, 15) is 30.3 Å². The van der Waals surface area contributed by atoms with Gasteiger partial charge in [-0.1, -0.05) is 126 Å². The number of ether oxygens (including phenoxy) is 5. The molecular formula is C78H90N4O11S2. The molecule has 11 bridgehead atoms. The van der Waals surface area contributed by atoms with Gasteiger partial charge in [0, 0.05) is 131 Å². The summed E-state index contributed by atoms with van der Waals surface area (Å²) in [5, 5.41) is 73.4. The molecule has 0 amide bonds. The quantitative estimate of drug-likeness (QED) is 0.0363. The molecule has 16 unspecified atom stereocenters. The second-order valence-electron chi connectivity index (χ2n) is 29.7. The second-order valence-corrected chi connectivity index (χ2v) is 32.3. The lowest BCUT2D eigenvalue weighted by molar-refractivity contribution is -0.141. The number of aliphatic hydroxyl groups excluding tert-OH is 3. The van der Waals surface area contributed by atoms with Gasteiger partial charge in [-0.05, 0) is 134 Å². The van der Waals surface area contributed by atoms with Crippen molar-refractivity contribution < 1.29 is 54.0 Å². The number of aromatic hydroxyl groups is 2. The zero-order valence-corrected chi connectivity index (χ0v) is 56.2. The number of nitrogens with one attached hydrogen (secondary N) is 3. The van der Waals surface area contributed by atoms with Crippen molar-refractivity contribution in [2.24, 2.45) is 41.2 Å². The summed E-state index contributed by atoms with van der Waals surface area (Å²) in [5.74, 6) is 16.3. The number of methoxy groups -OCH3 is 1. The molecule has 95 heavy (non-hydrogen) atoms. The number of nitrogens with two attached hydrogens (primary N) is 1. The van der Waals surface area contributed by atoms with Gasteiger partial charge < -0.3 is 70.9 Å². The van der Waals surface area contributed by atoms with E-state index in [-0.39, 0.29) is 72.9 Å². The molecular weight excluding hydrogens is 1230 g/mol. The van der Waals surface area contributed by atoms with Gasteiger partial charge in [-0.3, -0.25) is 4.79 Å². The molecule has 500 valence electrons. The second kappa shape index (κ2) is 25.6. The van der Waals surface area contributed by atoms with Gasteiger partial charge in [0.25, 0.3) is 0 Å². The number of hydrogen-bond donors (Lipinski definition) is 9. The van der Waals surface area contributed by atoms with Crippen LogP contribution in [0.3, 0.4) is 0 Å². The van der Waals surface area contributed by atoms with E-state index in [2.05, 4.69) is 94.3 Å². The van der Waals surface area contributed by atoms with Crippen molar-refractivity contribution in [2.45, 2.75) is 181 Å². The van der Waals surface area contributed by atoms with Gasteiger partial charge in [0.05, 0.1) is 36.5 Å². The van der Waals surface area contributed by atoms with Crippen LogP contribution < -0.4 is 35.9 Å². The van der Waals surface area contributed by atoms with Crippen LogP contribution in [0.1, 0.15) is 171 Å². The van der Waals surface area contributed by atoms with E-state index >= 15 is 0 Å². The van der Waals surface area contributed by atoms with Crippen LogP contribution in [0.4, 0.5) is 0 Å². The largest absolute Gasteiger partial charge is 0.508 e. The molecule has 6 aliphatic heterocycles. The van der Waals surface area contributed by atoms with Crippen molar-refractivity contribution in [1.29, 1.82) is 0 Å². The third-order valence-electron chi connectivity index (χ3n) is 24.7. The van der Waals surface area contributed by atoms with Crippen LogP contribution in [0.2, 0.25) is 0 Å². The summed E-state index contributed by atoms with van der Waals surface area (Å²) in [7, 11) is 5.48. The monoisotopic (exact) mass is 1320 g/mol. The molecule has 1 saturated heterocycles. The van der Waals surface area contributed by atoms with Gasteiger partial charge in [0.15, 0.2) is 18.3 Å². The lowest BCUT2D eigenvalue weighted by Crippen LogP contribution is -2.52. The number of carbonyl (C=O) groups is 1. The Morgan fingerprint density at radius 1 is 0.874 bits per heavy atom. The zero-order chi connectivity index (χ0) is 64.9. The minimum Gasteiger partial charge on any atom is -0.508 e. The number of esters is 1. The van der Waals surface area contributed by atoms with Crippen molar-refractivity contribution in [3.8, 4) is 63.6 Å². The predicted octanol–water partition coefficient (Wildman–Crippen LogP) is 10.9. The molecule has 4 saturated carbocycles. The fraction of sp³-hybridized carbons (Fsp3) is 0.551. The number of phenols is 2. The maximum Gasteiger partial charge on any atom is 0.302 e. The van der Waals surface area contributed by atoms with Gasteiger partial charge in [-0.15, -0.1) is 0 Å². The molecule has 15 nitrogen and oxygen atoms in total. The first-order chi connectivity index (χ1) is 46.3. The highest BCUT2D eigenvalue weighted by molar-refractivity contribution is 8.76. The standard InChI is InChI=1S/C78H90N4O11S2/c1-43(85)90-39-59-53-16-17-55-67-47(30-52(86)32-63(67)91-42-84)34-76-28-24-46(33-76)70-54-19-23-66(79)82-61(54)21-15-45-14-20-60(77(25-5-6-26-77)49-10-8-11-50(31-49)78(70)27-4-3-13-65(78)87)58(38-89-2)48(37-83)35-80-36-57-68(45)69(73(59)93-74(53)71(55)76)56-18-22-62-64(92-75(56)72(57)88)41-95-94-40-44-9-7-12-51(29-44)81-62/h8,10-11,16-19,22-23,30-32,44-46,48,51,58-60,62,64-66,70,73,80-84,86-88H,3-7,9,12-13,24-29,33-42,79H2,1-2H3. The van der Waals surface area contributed by atoms with Crippen LogP contribution in [0.15, 0.2) is 78.0 Å². The lowest BCUT2D eigenvalue weighted by Gasteiger charge is -2.52. The molecule has 5 fully saturated rings. The summed E-state index contributed by atoms with van der Waals surface area (Å²) < 4.78 is 34.5. The molecule has 16 rings (SSSR count). The van der Waals surface area contributed by atoms with Gasteiger partial charge >= 0.3 is 5.97 Å². The van der Waals surface area contributed by atoms with Gasteiger partial charge in [0.1, 0.15) is 42.0 Å². The number of phenolic OH excluding ortho intramolecular Hbond substituents is 2. The van der Waals surface area contributed by atoms with Gasteiger partial charge in [-0.2, -0.15) is 0 Å². The fourth-order valence-electron chi connectivity index (χ4n) is 20.7.